The van der Waals surface area contributed by atoms with E-state index in [1.807, 2.05) is 0 Å². The van der Waals surface area contributed by atoms with E-state index in [-0.39, 0.29) is 13.0 Å². The first kappa shape index (κ1) is 58.1. The van der Waals surface area contributed by atoms with Gasteiger partial charge in [-0.2, -0.15) is 0 Å². The van der Waals surface area contributed by atoms with E-state index in [0.29, 0.717) is 13.0 Å². The summed E-state index contributed by atoms with van der Waals surface area (Å²) in [6, 6.07) is -1.48. The first-order chi connectivity index (χ1) is 29.7. The second-order valence-corrected chi connectivity index (χ2v) is 17.0. The molecule has 0 heterocycles. The number of carboxylic acids is 1. The fourth-order valence-corrected chi connectivity index (χ4v) is 6.79. The average molecular weight is 876 g/mol. The number of hydrogen-bond acceptors (Lipinski definition) is 8. The fourth-order valence-electron chi connectivity index (χ4n) is 6.01. The van der Waals surface area contributed by atoms with Gasteiger partial charge in [0.05, 0.1) is 19.8 Å². The summed E-state index contributed by atoms with van der Waals surface area (Å²) >= 11 is 0. The van der Waals surface area contributed by atoms with E-state index in [2.05, 4.69) is 98.9 Å². The molecule has 0 aliphatic carbocycles. The monoisotopic (exact) mass is 876 g/mol. The van der Waals surface area contributed by atoms with Crippen LogP contribution in [0.5, 0.6) is 0 Å². The largest absolute Gasteiger partial charge is 0.480 e. The van der Waals surface area contributed by atoms with E-state index in [9.17, 15) is 19.0 Å². The normalized spacial score (nSPS) is 14.6. The highest BCUT2D eigenvalue weighted by Gasteiger charge is 2.27. The second kappa shape index (κ2) is 45.2. The first-order valence-corrected chi connectivity index (χ1v) is 25.1. The molecule has 0 aromatic heterocycles. The van der Waals surface area contributed by atoms with Crippen LogP contribution in [0.2, 0.25) is 0 Å². The summed E-state index contributed by atoms with van der Waals surface area (Å²) in [4.78, 5) is 33.6. The number of carbonyl (C=O) groups excluding carboxylic acids is 1. The summed E-state index contributed by atoms with van der Waals surface area (Å²) < 4.78 is 33.4. The van der Waals surface area contributed by atoms with Gasteiger partial charge in [0.1, 0.15) is 12.1 Å². The Bertz CT molecular complexity index is 1290. The minimum Gasteiger partial charge on any atom is -0.480 e. The molecule has 11 heteroatoms. The zero-order valence-corrected chi connectivity index (χ0v) is 39.1. The molecule has 4 N–H and O–H groups in total. The molecule has 0 fully saturated rings. The molecular formula is C50H86NO9P. The van der Waals surface area contributed by atoms with Crippen LogP contribution in [0.1, 0.15) is 181 Å². The number of aliphatic carboxylic acids is 1. The summed E-state index contributed by atoms with van der Waals surface area (Å²) in [6.07, 6.45) is 57.8. The average Bonchev–Trinajstić information content (AvgIpc) is 3.24. The molecular weight excluding hydrogens is 790 g/mol. The lowest BCUT2D eigenvalue weighted by Crippen LogP contribution is -2.34. The van der Waals surface area contributed by atoms with Crippen molar-refractivity contribution in [2.75, 3.05) is 26.4 Å². The van der Waals surface area contributed by atoms with Crippen LogP contribution in [-0.2, 0) is 32.7 Å². The number of rotatable bonds is 44. The van der Waals surface area contributed by atoms with Crippen molar-refractivity contribution in [1.82, 2.24) is 0 Å². The maximum absolute atomic E-state index is 12.6. The van der Waals surface area contributed by atoms with Gasteiger partial charge in [0, 0.05) is 13.0 Å². The van der Waals surface area contributed by atoms with Crippen molar-refractivity contribution < 1.29 is 42.7 Å². The van der Waals surface area contributed by atoms with Crippen LogP contribution >= 0.6 is 7.82 Å². The fraction of sp³-hybridized carbons (Fsp3) is 0.680. The van der Waals surface area contributed by atoms with Crippen molar-refractivity contribution in [2.24, 2.45) is 5.73 Å². The smallest absolute Gasteiger partial charge is 0.472 e. The van der Waals surface area contributed by atoms with Gasteiger partial charge in [-0.25, -0.2) is 4.57 Å². The van der Waals surface area contributed by atoms with Crippen LogP contribution < -0.4 is 5.73 Å². The van der Waals surface area contributed by atoms with Crippen LogP contribution in [0.15, 0.2) is 85.1 Å². The number of allylic oxidation sites excluding steroid dienone is 14. The molecule has 0 aromatic rings. The van der Waals surface area contributed by atoms with E-state index < -0.39 is 45.1 Å². The standard InChI is InChI=1S/C50H86NO9P/c1-3-5-7-9-11-13-15-17-19-20-21-22-23-24-25-26-27-29-31-33-35-37-39-41-43-57-44-47(45-58-61(55,56)59-46-48(51)50(53)54)60-49(52)42-40-38-36-34-32-30-28-18-16-14-12-10-8-6-4-2/h5,7,11,13,17-19,21-22,24-25,27-29,47-48H,3-4,6,8-10,12,14-16,20,23,26,30-46,51H2,1-2H3,(H,53,54)(H,55,56)/b7-5-,13-11-,19-17-,22-21-,25-24-,28-18-,29-27-. The van der Waals surface area contributed by atoms with E-state index >= 15 is 0 Å². The number of hydrogen-bond donors (Lipinski definition) is 3. The predicted octanol–water partition coefficient (Wildman–Crippen LogP) is 13.5. The van der Waals surface area contributed by atoms with Gasteiger partial charge in [0.25, 0.3) is 0 Å². The Kier molecular flexibility index (Phi) is 43.1. The molecule has 0 saturated carbocycles. The summed E-state index contributed by atoms with van der Waals surface area (Å²) in [5, 5.41) is 8.91. The minimum absolute atomic E-state index is 0.00453. The molecule has 10 nitrogen and oxygen atoms in total. The van der Waals surface area contributed by atoms with Crippen molar-refractivity contribution in [3.05, 3.63) is 85.1 Å². The number of ether oxygens (including phenoxy) is 2. The molecule has 0 aliphatic rings. The predicted molar refractivity (Wildman–Crippen MR) is 253 cm³/mol. The van der Waals surface area contributed by atoms with Gasteiger partial charge in [-0.15, -0.1) is 0 Å². The highest BCUT2D eigenvalue weighted by atomic mass is 31.2. The SMILES string of the molecule is CC/C=C\C/C=C\C/C=C\C/C=C\C/C=C\C/C=C\CCCCCCCOCC(COP(=O)(O)OCC(N)C(=O)O)OC(=O)CCCCCCC/C=C\CCCCCCCC. The van der Waals surface area contributed by atoms with Crippen molar-refractivity contribution >= 4 is 19.8 Å². The van der Waals surface area contributed by atoms with Gasteiger partial charge in [-0.1, -0.05) is 170 Å². The van der Waals surface area contributed by atoms with E-state index in [4.69, 9.17) is 29.4 Å². The van der Waals surface area contributed by atoms with Gasteiger partial charge < -0.3 is 25.2 Å². The van der Waals surface area contributed by atoms with Crippen molar-refractivity contribution in [3.8, 4) is 0 Å². The Labute approximate surface area is 371 Å². The van der Waals surface area contributed by atoms with Gasteiger partial charge in [-0.05, 0) is 89.9 Å². The summed E-state index contributed by atoms with van der Waals surface area (Å²) in [5.41, 5.74) is 5.36. The van der Waals surface area contributed by atoms with Gasteiger partial charge in [0.15, 0.2) is 0 Å². The van der Waals surface area contributed by atoms with E-state index in [1.165, 1.54) is 44.9 Å². The Morgan fingerprint density at radius 2 is 0.951 bits per heavy atom. The van der Waals surface area contributed by atoms with Gasteiger partial charge >= 0.3 is 19.8 Å². The molecule has 350 valence electrons. The van der Waals surface area contributed by atoms with Crippen LogP contribution in [0.3, 0.4) is 0 Å². The Hall–Kier alpha value is -2.85. The molecule has 0 bridgehead atoms. The molecule has 0 rings (SSSR count). The summed E-state index contributed by atoms with van der Waals surface area (Å²) in [5.74, 6) is -1.80. The number of nitrogens with two attached hydrogens (primary N) is 1. The molecule has 3 atom stereocenters. The first-order valence-electron chi connectivity index (χ1n) is 23.6. The third-order valence-electron chi connectivity index (χ3n) is 9.66. The Morgan fingerprint density at radius 3 is 1.44 bits per heavy atom. The molecule has 0 aromatic carbocycles. The Morgan fingerprint density at radius 1 is 0.541 bits per heavy atom. The van der Waals surface area contributed by atoms with Crippen LogP contribution in [-0.4, -0.2) is 60.5 Å². The number of phosphoric ester groups is 1. The molecule has 0 radical (unpaired) electrons. The van der Waals surface area contributed by atoms with Crippen LogP contribution in [0, 0.1) is 0 Å². The molecule has 0 saturated heterocycles. The number of phosphoric acid groups is 1. The highest BCUT2D eigenvalue weighted by Crippen LogP contribution is 2.43. The number of carboxylic acid groups (broad SMARTS) is 1. The van der Waals surface area contributed by atoms with E-state index in [0.717, 1.165) is 109 Å². The molecule has 3 unspecified atom stereocenters. The molecule has 0 aliphatic heterocycles. The topological polar surface area (TPSA) is 155 Å². The summed E-state index contributed by atoms with van der Waals surface area (Å²) in [7, 11) is -4.63. The zero-order chi connectivity index (χ0) is 44.8. The third-order valence-corrected chi connectivity index (χ3v) is 10.6. The molecule has 61 heavy (non-hydrogen) atoms. The number of unbranched alkanes of at least 4 members (excludes halogenated alkanes) is 16. The lowest BCUT2D eigenvalue weighted by atomic mass is 10.1. The lowest BCUT2D eigenvalue weighted by molar-refractivity contribution is -0.154. The van der Waals surface area contributed by atoms with Gasteiger partial charge in [0.2, 0.25) is 0 Å². The highest BCUT2D eigenvalue weighted by molar-refractivity contribution is 7.47. The molecule has 0 amide bonds. The zero-order valence-electron chi connectivity index (χ0n) is 38.2. The lowest BCUT2D eigenvalue weighted by Gasteiger charge is -2.20. The Balaban J connectivity index is 4.26. The van der Waals surface area contributed by atoms with Crippen molar-refractivity contribution in [3.63, 3.8) is 0 Å². The quantitative estimate of drug-likeness (QED) is 0.0233. The maximum Gasteiger partial charge on any atom is 0.472 e. The second-order valence-electron chi connectivity index (χ2n) is 15.5. The van der Waals surface area contributed by atoms with Crippen molar-refractivity contribution in [1.29, 1.82) is 0 Å². The van der Waals surface area contributed by atoms with Crippen LogP contribution in [0.25, 0.3) is 0 Å². The van der Waals surface area contributed by atoms with Gasteiger partial charge in [-0.3, -0.25) is 18.6 Å². The number of esters is 1. The molecule has 0 spiro atoms. The van der Waals surface area contributed by atoms with Crippen LogP contribution in [0.4, 0.5) is 0 Å². The number of carbonyl (C=O) groups is 2. The van der Waals surface area contributed by atoms with Crippen molar-refractivity contribution in [2.45, 2.75) is 193 Å². The third kappa shape index (κ3) is 45.0. The van der Waals surface area contributed by atoms with E-state index in [1.54, 1.807) is 0 Å². The minimum atomic E-state index is -4.63. The maximum atomic E-state index is 12.6. The summed E-state index contributed by atoms with van der Waals surface area (Å²) in [6.45, 7) is 3.69.